The van der Waals surface area contributed by atoms with Gasteiger partial charge in [0.2, 0.25) is 0 Å². The van der Waals surface area contributed by atoms with E-state index in [9.17, 15) is 0 Å². The van der Waals surface area contributed by atoms with Crippen LogP contribution >= 0.6 is 34.5 Å². The van der Waals surface area contributed by atoms with Crippen LogP contribution in [0.4, 0.5) is 5.69 Å². The minimum Gasteiger partial charge on any atom is -0.371 e. The maximum absolute atomic E-state index is 5.95. The van der Waals surface area contributed by atoms with Gasteiger partial charge in [-0.1, -0.05) is 23.2 Å². The fraction of sp³-hybridized carbons (Fsp3) is 0.300. The number of anilines is 1. The molecule has 0 amide bonds. The highest BCUT2D eigenvalue weighted by Gasteiger charge is 2.24. The number of hydrogen-bond acceptors (Lipinski definition) is 5. The second kappa shape index (κ2) is 4.76. The summed E-state index contributed by atoms with van der Waals surface area (Å²) >= 11 is 13.3. The van der Waals surface area contributed by atoms with E-state index in [0.29, 0.717) is 16.0 Å². The zero-order valence-corrected chi connectivity index (χ0v) is 11.6. The van der Waals surface area contributed by atoms with E-state index >= 15 is 0 Å². The average molecular weight is 289 g/mol. The normalized spacial score (nSPS) is 11.5. The summed E-state index contributed by atoms with van der Waals surface area (Å²) in [4.78, 5) is 4.28. The van der Waals surface area contributed by atoms with Gasteiger partial charge < -0.3 is 5.32 Å². The highest BCUT2D eigenvalue weighted by atomic mass is 35.5. The molecule has 0 aliphatic carbocycles. The molecule has 2 aromatic rings. The van der Waals surface area contributed by atoms with Crippen LogP contribution in [0.3, 0.4) is 0 Å². The Balaban J connectivity index is 2.29. The molecular weight excluding hydrogens is 279 g/mol. The second-order valence-electron chi connectivity index (χ2n) is 3.96. The van der Waals surface area contributed by atoms with Crippen molar-refractivity contribution in [1.29, 1.82) is 0 Å². The monoisotopic (exact) mass is 288 g/mol. The Morgan fingerprint density at radius 1 is 1.29 bits per heavy atom. The standard InChI is InChI=1S/C10H10Cl2N4S/c1-10(2,9-13-3-4-17-9)14-6-5-7(11)15-16-8(6)12/h3-5H,1-2H3,(H,14,15). The van der Waals surface area contributed by atoms with Crippen molar-refractivity contribution in [3.63, 3.8) is 0 Å². The van der Waals surface area contributed by atoms with Gasteiger partial charge >= 0.3 is 0 Å². The van der Waals surface area contributed by atoms with E-state index in [0.717, 1.165) is 5.01 Å². The summed E-state index contributed by atoms with van der Waals surface area (Å²) in [6.07, 6.45) is 1.77. The Bertz CT molecular complexity index is 513. The molecule has 0 fully saturated rings. The number of rotatable bonds is 3. The molecule has 2 aromatic heterocycles. The fourth-order valence-corrected chi connectivity index (χ4v) is 2.37. The quantitative estimate of drug-likeness (QED) is 0.938. The predicted molar refractivity (Wildman–Crippen MR) is 70.8 cm³/mol. The molecule has 0 saturated heterocycles. The summed E-state index contributed by atoms with van der Waals surface area (Å²) in [5.41, 5.74) is 0.302. The highest BCUT2D eigenvalue weighted by molar-refractivity contribution is 7.09. The first-order chi connectivity index (χ1) is 7.99. The van der Waals surface area contributed by atoms with Crippen molar-refractivity contribution >= 4 is 40.2 Å². The van der Waals surface area contributed by atoms with Gasteiger partial charge in [0.05, 0.1) is 11.2 Å². The zero-order valence-electron chi connectivity index (χ0n) is 9.24. The molecule has 90 valence electrons. The van der Waals surface area contributed by atoms with Crippen LogP contribution in [0.5, 0.6) is 0 Å². The number of nitrogens with one attached hydrogen (secondary N) is 1. The number of aromatic nitrogens is 3. The van der Waals surface area contributed by atoms with Gasteiger partial charge in [-0.25, -0.2) is 4.98 Å². The van der Waals surface area contributed by atoms with Gasteiger partial charge in [-0.3, -0.25) is 0 Å². The summed E-state index contributed by atoms with van der Waals surface area (Å²) in [5.74, 6) is 0. The second-order valence-corrected chi connectivity index (χ2v) is 5.60. The minimum atomic E-state index is -0.343. The lowest BCUT2D eigenvalue weighted by Crippen LogP contribution is -2.28. The lowest BCUT2D eigenvalue weighted by atomic mass is 10.1. The molecule has 0 spiro atoms. The predicted octanol–water partition coefficient (Wildman–Crippen LogP) is 3.59. The van der Waals surface area contributed by atoms with Crippen molar-refractivity contribution in [3.05, 3.63) is 33.0 Å². The van der Waals surface area contributed by atoms with Crippen LogP contribution in [0.25, 0.3) is 0 Å². The van der Waals surface area contributed by atoms with Crippen LogP contribution in [-0.4, -0.2) is 15.2 Å². The molecule has 0 radical (unpaired) electrons. The van der Waals surface area contributed by atoms with E-state index in [4.69, 9.17) is 23.2 Å². The largest absolute Gasteiger partial charge is 0.371 e. The van der Waals surface area contributed by atoms with Crippen molar-refractivity contribution in [3.8, 4) is 0 Å². The molecular formula is C10H10Cl2N4S. The van der Waals surface area contributed by atoms with Crippen LogP contribution in [0.1, 0.15) is 18.9 Å². The average Bonchev–Trinajstić information content (AvgIpc) is 2.77. The van der Waals surface area contributed by atoms with Crippen LogP contribution in [-0.2, 0) is 5.54 Å². The van der Waals surface area contributed by atoms with Crippen molar-refractivity contribution in [2.45, 2.75) is 19.4 Å². The maximum atomic E-state index is 5.95. The maximum Gasteiger partial charge on any atom is 0.174 e. The van der Waals surface area contributed by atoms with Crippen molar-refractivity contribution in [1.82, 2.24) is 15.2 Å². The van der Waals surface area contributed by atoms with E-state index in [1.54, 1.807) is 23.6 Å². The molecule has 0 aliphatic heterocycles. The number of nitrogens with zero attached hydrogens (tertiary/aromatic N) is 3. The Kier molecular flexibility index (Phi) is 3.51. The molecule has 1 N–H and O–H groups in total. The minimum absolute atomic E-state index is 0.291. The molecule has 2 rings (SSSR count). The van der Waals surface area contributed by atoms with Crippen molar-refractivity contribution in [2.24, 2.45) is 0 Å². The summed E-state index contributed by atoms with van der Waals surface area (Å²) < 4.78 is 0. The summed E-state index contributed by atoms with van der Waals surface area (Å²) in [6.45, 7) is 4.02. The van der Waals surface area contributed by atoms with Crippen LogP contribution in [0, 0.1) is 0 Å². The Labute approximate surface area is 113 Å². The van der Waals surface area contributed by atoms with E-state index < -0.39 is 0 Å². The molecule has 0 aromatic carbocycles. The van der Waals surface area contributed by atoms with Crippen LogP contribution < -0.4 is 5.32 Å². The van der Waals surface area contributed by atoms with Crippen LogP contribution in [0.2, 0.25) is 10.3 Å². The van der Waals surface area contributed by atoms with Gasteiger partial charge in [0.15, 0.2) is 10.3 Å². The first kappa shape index (κ1) is 12.5. The number of hydrogen-bond donors (Lipinski definition) is 1. The van der Waals surface area contributed by atoms with E-state index in [1.165, 1.54) is 0 Å². The molecule has 0 bridgehead atoms. The Morgan fingerprint density at radius 2 is 2.06 bits per heavy atom. The molecule has 0 aliphatic rings. The van der Waals surface area contributed by atoms with E-state index in [1.807, 2.05) is 19.2 Å². The molecule has 17 heavy (non-hydrogen) atoms. The zero-order chi connectivity index (χ0) is 12.5. The lowest BCUT2D eigenvalue weighted by molar-refractivity contribution is 0.603. The third kappa shape index (κ3) is 2.86. The molecule has 0 saturated carbocycles. The molecule has 0 atom stereocenters. The first-order valence-corrected chi connectivity index (χ1v) is 6.49. The van der Waals surface area contributed by atoms with Gasteiger partial charge in [0.1, 0.15) is 5.01 Å². The Hall–Kier alpha value is -0.910. The topological polar surface area (TPSA) is 50.7 Å². The van der Waals surface area contributed by atoms with Gasteiger partial charge in [0.25, 0.3) is 0 Å². The van der Waals surface area contributed by atoms with Gasteiger partial charge in [-0.2, -0.15) is 0 Å². The summed E-state index contributed by atoms with van der Waals surface area (Å²) in [7, 11) is 0. The Morgan fingerprint density at radius 3 is 2.71 bits per heavy atom. The SMILES string of the molecule is CC(C)(Nc1cc(Cl)nnc1Cl)c1nccs1. The van der Waals surface area contributed by atoms with Crippen molar-refractivity contribution < 1.29 is 0 Å². The molecule has 2 heterocycles. The van der Waals surface area contributed by atoms with E-state index in [-0.39, 0.29) is 5.54 Å². The number of thiazole rings is 1. The smallest absolute Gasteiger partial charge is 0.174 e. The molecule has 7 heteroatoms. The summed E-state index contributed by atoms with van der Waals surface area (Å²) in [6, 6.07) is 1.65. The molecule has 0 unspecified atom stereocenters. The molecule has 4 nitrogen and oxygen atoms in total. The fourth-order valence-electron chi connectivity index (χ4n) is 1.36. The third-order valence-electron chi connectivity index (χ3n) is 2.13. The van der Waals surface area contributed by atoms with E-state index in [2.05, 4.69) is 20.5 Å². The summed E-state index contributed by atoms with van der Waals surface area (Å²) in [5, 5.41) is 14.1. The first-order valence-electron chi connectivity index (χ1n) is 4.86. The van der Waals surface area contributed by atoms with Crippen LogP contribution in [0.15, 0.2) is 17.6 Å². The van der Waals surface area contributed by atoms with Gasteiger partial charge in [-0.15, -0.1) is 21.5 Å². The number of halogens is 2. The highest BCUT2D eigenvalue weighted by Crippen LogP contribution is 2.30. The van der Waals surface area contributed by atoms with Gasteiger partial charge in [-0.05, 0) is 13.8 Å². The van der Waals surface area contributed by atoms with Gasteiger partial charge in [0, 0.05) is 17.6 Å². The third-order valence-corrected chi connectivity index (χ3v) is 3.69. The lowest BCUT2D eigenvalue weighted by Gasteiger charge is -2.25. The van der Waals surface area contributed by atoms with Crippen molar-refractivity contribution in [2.75, 3.05) is 5.32 Å².